The fourth-order valence-electron chi connectivity index (χ4n) is 1.70. The zero-order valence-electron chi connectivity index (χ0n) is 10.7. The Morgan fingerprint density at radius 3 is 2.89 bits per heavy atom. The van der Waals surface area contributed by atoms with E-state index in [9.17, 15) is 4.79 Å². The highest BCUT2D eigenvalue weighted by Gasteiger charge is 2.08. The van der Waals surface area contributed by atoms with Crippen LogP contribution in [0.5, 0.6) is 0 Å². The Labute approximate surface area is 116 Å². The van der Waals surface area contributed by atoms with E-state index < -0.39 is 0 Å². The van der Waals surface area contributed by atoms with Gasteiger partial charge in [-0.25, -0.2) is 4.68 Å². The summed E-state index contributed by atoms with van der Waals surface area (Å²) in [6, 6.07) is 1.86. The largest absolute Gasteiger partial charge is 0.381 e. The van der Waals surface area contributed by atoms with Gasteiger partial charge in [0.05, 0.1) is 18.4 Å². The van der Waals surface area contributed by atoms with Crippen LogP contribution in [0.4, 0.5) is 5.69 Å². The zero-order chi connectivity index (χ0) is 13.7. The molecule has 0 aromatic carbocycles. The van der Waals surface area contributed by atoms with Crippen molar-refractivity contribution in [2.24, 2.45) is 0 Å². The minimum Gasteiger partial charge on any atom is -0.381 e. The van der Waals surface area contributed by atoms with Crippen molar-refractivity contribution in [1.29, 1.82) is 0 Å². The molecule has 0 saturated heterocycles. The lowest BCUT2D eigenvalue weighted by molar-refractivity contribution is 0.568. The molecular weight excluding hydrogens is 266 g/mol. The van der Waals surface area contributed by atoms with E-state index in [-0.39, 0.29) is 10.6 Å². The summed E-state index contributed by atoms with van der Waals surface area (Å²) < 4.78 is 3.17. The molecule has 0 saturated carbocycles. The number of anilines is 1. The van der Waals surface area contributed by atoms with E-state index in [0.717, 1.165) is 6.42 Å². The molecule has 0 aliphatic carbocycles. The predicted molar refractivity (Wildman–Crippen MR) is 74.5 cm³/mol. The van der Waals surface area contributed by atoms with E-state index in [4.69, 9.17) is 11.6 Å². The number of halogens is 1. The number of hydrogen-bond donors (Lipinski definition) is 1. The number of nitrogens with one attached hydrogen (secondary N) is 1. The van der Waals surface area contributed by atoms with Crippen molar-refractivity contribution < 1.29 is 0 Å². The third kappa shape index (κ3) is 3.35. The lowest BCUT2D eigenvalue weighted by Crippen LogP contribution is -2.24. The molecule has 7 heteroatoms. The van der Waals surface area contributed by atoms with E-state index in [1.807, 2.05) is 19.2 Å². The minimum absolute atomic E-state index is 0.184. The van der Waals surface area contributed by atoms with Gasteiger partial charge in [0.25, 0.3) is 5.56 Å². The van der Waals surface area contributed by atoms with Gasteiger partial charge in [0.2, 0.25) is 0 Å². The van der Waals surface area contributed by atoms with Gasteiger partial charge in [-0.1, -0.05) is 18.5 Å². The van der Waals surface area contributed by atoms with Crippen molar-refractivity contribution in [3.63, 3.8) is 0 Å². The number of aromatic nitrogens is 4. The molecule has 2 aromatic rings. The van der Waals surface area contributed by atoms with Crippen molar-refractivity contribution in [1.82, 2.24) is 19.6 Å². The molecule has 2 aromatic heterocycles. The van der Waals surface area contributed by atoms with Crippen molar-refractivity contribution in [2.75, 3.05) is 11.9 Å². The smallest absolute Gasteiger partial charge is 0.287 e. The first-order valence-electron chi connectivity index (χ1n) is 6.19. The maximum Gasteiger partial charge on any atom is 0.287 e. The third-order valence-electron chi connectivity index (χ3n) is 2.64. The van der Waals surface area contributed by atoms with Crippen LogP contribution in [0.1, 0.15) is 13.3 Å². The monoisotopic (exact) mass is 281 g/mol. The molecule has 2 heterocycles. The molecule has 0 radical (unpaired) electrons. The number of nitrogens with zero attached hydrogens (tertiary/aromatic N) is 4. The Kier molecular flexibility index (Phi) is 4.57. The highest BCUT2D eigenvalue weighted by atomic mass is 35.5. The van der Waals surface area contributed by atoms with Crippen LogP contribution in [0.15, 0.2) is 29.5 Å². The zero-order valence-corrected chi connectivity index (χ0v) is 11.5. The van der Waals surface area contributed by atoms with Crippen LogP contribution in [0.25, 0.3) is 0 Å². The maximum atomic E-state index is 11.9. The number of rotatable bonds is 6. The summed E-state index contributed by atoms with van der Waals surface area (Å²) >= 11 is 6.04. The molecule has 0 amide bonds. The highest BCUT2D eigenvalue weighted by molar-refractivity contribution is 6.32. The summed E-state index contributed by atoms with van der Waals surface area (Å²) in [6.07, 6.45) is 6.03. The fraction of sp³-hybridized carbons (Fsp3) is 0.417. The summed E-state index contributed by atoms with van der Waals surface area (Å²) in [7, 11) is 0. The van der Waals surface area contributed by atoms with Gasteiger partial charge in [0.15, 0.2) is 0 Å². The van der Waals surface area contributed by atoms with E-state index in [1.54, 1.807) is 17.1 Å². The lowest BCUT2D eigenvalue weighted by atomic mass is 10.4. The standard InChI is InChI=1S/C12H16ClN5O/c1-2-6-18-12(19)11(13)10(9-16-18)14-5-8-17-7-3-4-15-17/h3-4,7,9,14H,2,5-6,8H2,1H3. The maximum absolute atomic E-state index is 11.9. The van der Waals surface area contributed by atoms with Gasteiger partial charge in [-0.05, 0) is 12.5 Å². The molecule has 0 spiro atoms. The molecule has 0 unspecified atom stereocenters. The second kappa shape index (κ2) is 6.38. The summed E-state index contributed by atoms with van der Waals surface area (Å²) in [4.78, 5) is 11.9. The molecule has 6 nitrogen and oxygen atoms in total. The minimum atomic E-state index is -0.257. The second-order valence-corrected chi connectivity index (χ2v) is 4.47. The van der Waals surface area contributed by atoms with Crippen LogP contribution in [0.2, 0.25) is 5.02 Å². The highest BCUT2D eigenvalue weighted by Crippen LogP contribution is 2.14. The van der Waals surface area contributed by atoms with E-state index in [1.165, 1.54) is 4.68 Å². The topological polar surface area (TPSA) is 64.7 Å². The molecule has 102 valence electrons. The Morgan fingerprint density at radius 1 is 1.37 bits per heavy atom. The van der Waals surface area contributed by atoms with Crippen molar-refractivity contribution in [2.45, 2.75) is 26.4 Å². The van der Waals surface area contributed by atoms with Gasteiger partial charge >= 0.3 is 0 Å². The number of aryl methyl sites for hydroxylation is 1. The molecule has 0 atom stereocenters. The summed E-state index contributed by atoms with van der Waals surface area (Å²) in [5.74, 6) is 0. The van der Waals surface area contributed by atoms with Crippen LogP contribution in [-0.4, -0.2) is 26.1 Å². The second-order valence-electron chi connectivity index (χ2n) is 4.10. The Bertz CT molecular complexity index is 578. The van der Waals surface area contributed by atoms with Gasteiger partial charge in [-0.3, -0.25) is 9.48 Å². The van der Waals surface area contributed by atoms with E-state index >= 15 is 0 Å². The molecule has 0 fully saturated rings. The SMILES string of the molecule is CCCn1ncc(NCCn2cccn2)c(Cl)c1=O. The number of hydrogen-bond acceptors (Lipinski definition) is 4. The molecule has 1 N–H and O–H groups in total. The first-order valence-corrected chi connectivity index (χ1v) is 6.57. The van der Waals surface area contributed by atoms with E-state index in [2.05, 4.69) is 15.5 Å². The Hall–Kier alpha value is -1.82. The normalized spacial score (nSPS) is 10.6. The third-order valence-corrected chi connectivity index (χ3v) is 3.00. The molecular formula is C12H16ClN5O. The lowest BCUT2D eigenvalue weighted by Gasteiger charge is -2.09. The molecule has 0 bridgehead atoms. The molecule has 2 rings (SSSR count). The van der Waals surface area contributed by atoms with Crippen LogP contribution >= 0.6 is 11.6 Å². The van der Waals surface area contributed by atoms with Crippen LogP contribution in [0, 0.1) is 0 Å². The summed E-state index contributed by atoms with van der Waals surface area (Å²) in [5, 5.41) is 11.4. The van der Waals surface area contributed by atoms with Gasteiger partial charge in [-0.15, -0.1) is 0 Å². The van der Waals surface area contributed by atoms with Crippen LogP contribution < -0.4 is 10.9 Å². The van der Waals surface area contributed by atoms with Gasteiger partial charge < -0.3 is 5.32 Å². The van der Waals surface area contributed by atoms with Crippen molar-refractivity contribution in [3.05, 3.63) is 40.0 Å². The van der Waals surface area contributed by atoms with Gasteiger partial charge in [0.1, 0.15) is 5.02 Å². The fourth-order valence-corrected chi connectivity index (χ4v) is 1.91. The molecule has 19 heavy (non-hydrogen) atoms. The Balaban J connectivity index is 2.01. The summed E-state index contributed by atoms with van der Waals surface area (Å²) in [6.45, 7) is 3.88. The van der Waals surface area contributed by atoms with Gasteiger partial charge in [-0.2, -0.15) is 10.2 Å². The quantitative estimate of drug-likeness (QED) is 0.874. The Morgan fingerprint density at radius 2 is 2.21 bits per heavy atom. The van der Waals surface area contributed by atoms with Crippen LogP contribution in [0.3, 0.4) is 0 Å². The van der Waals surface area contributed by atoms with Crippen molar-refractivity contribution in [3.8, 4) is 0 Å². The molecule has 0 aliphatic rings. The molecule has 0 aliphatic heterocycles. The van der Waals surface area contributed by atoms with E-state index in [0.29, 0.717) is 25.3 Å². The average Bonchev–Trinajstić information content (AvgIpc) is 2.91. The predicted octanol–water partition coefficient (Wildman–Crippen LogP) is 1.62. The first-order chi connectivity index (χ1) is 9.22. The van der Waals surface area contributed by atoms with Crippen LogP contribution in [-0.2, 0) is 13.1 Å². The first kappa shape index (κ1) is 13.6. The summed E-state index contributed by atoms with van der Waals surface area (Å²) in [5.41, 5.74) is 0.304. The van der Waals surface area contributed by atoms with Gasteiger partial charge in [0, 0.05) is 25.5 Å². The van der Waals surface area contributed by atoms with Crippen molar-refractivity contribution >= 4 is 17.3 Å². The average molecular weight is 282 g/mol.